The molecule has 0 bridgehead atoms. The number of methoxy groups -OCH3 is 2. The summed E-state index contributed by atoms with van der Waals surface area (Å²) >= 11 is 0. The first kappa shape index (κ1) is 26.5. The Balaban J connectivity index is 0. The quantitative estimate of drug-likeness (QED) is 0.776. The molecule has 24 heavy (non-hydrogen) atoms. The molecule has 0 atom stereocenters. The van der Waals surface area contributed by atoms with Gasteiger partial charge < -0.3 is 19.7 Å². The summed E-state index contributed by atoms with van der Waals surface area (Å²) in [5.41, 5.74) is 0.539. The topological polar surface area (TPSA) is 93.1 Å². The molecule has 0 heterocycles. The van der Waals surface area contributed by atoms with Gasteiger partial charge in [-0.25, -0.2) is 9.59 Å². The molecule has 0 unspecified atom stereocenters. The van der Waals surface area contributed by atoms with Gasteiger partial charge in [-0.1, -0.05) is 0 Å². The summed E-state index contributed by atoms with van der Waals surface area (Å²) in [6.07, 6.45) is 0. The molecule has 2 rings (SSSR count). The van der Waals surface area contributed by atoms with E-state index in [0.29, 0.717) is 11.5 Å². The molecule has 0 saturated carbocycles. The third kappa shape index (κ3) is 9.66. The summed E-state index contributed by atoms with van der Waals surface area (Å²) < 4.78 is 9.71. The summed E-state index contributed by atoms with van der Waals surface area (Å²) in [7, 11) is 3.07. The van der Waals surface area contributed by atoms with E-state index in [2.05, 4.69) is 0 Å². The van der Waals surface area contributed by atoms with Crippen molar-refractivity contribution in [1.29, 1.82) is 0 Å². The summed E-state index contributed by atoms with van der Waals surface area (Å²) in [5, 5.41) is 17.0. The standard InChI is InChI=1S/2C8H8O3.2K.2H/c2*1-11-7-4-2-6(3-5-7)8(9)10;;;;/h2*2-5H,1H3,(H,9,10);;;;. The first-order valence-electron chi connectivity index (χ1n) is 6.22. The maximum absolute atomic E-state index is 10.4. The molecule has 6 nitrogen and oxygen atoms in total. The molecule has 0 aliphatic carbocycles. The Bertz CT molecular complexity index is 569. The number of carboxylic acids is 2. The van der Waals surface area contributed by atoms with Gasteiger partial charge in [0.05, 0.1) is 25.3 Å². The van der Waals surface area contributed by atoms with Gasteiger partial charge in [0.1, 0.15) is 11.5 Å². The zero-order valence-corrected chi connectivity index (χ0v) is 12.1. The average molecular weight is 385 g/mol. The van der Waals surface area contributed by atoms with Crippen LogP contribution in [0.4, 0.5) is 0 Å². The number of rotatable bonds is 4. The van der Waals surface area contributed by atoms with Gasteiger partial charge in [0, 0.05) is 0 Å². The van der Waals surface area contributed by atoms with E-state index in [-0.39, 0.29) is 114 Å². The van der Waals surface area contributed by atoms with Crippen molar-refractivity contribution < 1.29 is 29.3 Å². The summed E-state index contributed by atoms with van der Waals surface area (Å²) in [6, 6.07) is 12.5. The van der Waals surface area contributed by atoms with E-state index in [1.54, 1.807) is 24.3 Å². The van der Waals surface area contributed by atoms with Crippen LogP contribution in [-0.2, 0) is 0 Å². The maximum atomic E-state index is 10.4. The van der Waals surface area contributed by atoms with Crippen molar-refractivity contribution in [3.05, 3.63) is 59.7 Å². The van der Waals surface area contributed by atoms with Gasteiger partial charge in [-0.2, -0.15) is 0 Å². The van der Waals surface area contributed by atoms with Crippen LogP contribution in [0.25, 0.3) is 0 Å². The van der Waals surface area contributed by atoms with E-state index < -0.39 is 11.9 Å². The molecule has 0 amide bonds. The van der Waals surface area contributed by atoms with Crippen molar-refractivity contribution in [3.8, 4) is 11.5 Å². The van der Waals surface area contributed by atoms with Gasteiger partial charge in [0.15, 0.2) is 0 Å². The van der Waals surface area contributed by atoms with E-state index in [0.717, 1.165) is 0 Å². The average Bonchev–Trinajstić information content (AvgIpc) is 2.55. The number of ether oxygens (including phenoxy) is 2. The van der Waals surface area contributed by atoms with Crippen LogP contribution >= 0.6 is 0 Å². The second kappa shape index (κ2) is 14.4. The van der Waals surface area contributed by atoms with Crippen LogP contribution in [-0.4, -0.2) is 139 Å². The van der Waals surface area contributed by atoms with Gasteiger partial charge >= 0.3 is 115 Å². The molecule has 0 radical (unpaired) electrons. The number of carboxylic acid groups (broad SMARTS) is 2. The van der Waals surface area contributed by atoms with Crippen molar-refractivity contribution in [1.82, 2.24) is 0 Å². The van der Waals surface area contributed by atoms with Gasteiger partial charge in [-0.3, -0.25) is 0 Å². The van der Waals surface area contributed by atoms with Crippen LogP contribution in [0.1, 0.15) is 20.7 Å². The molecule has 0 aliphatic rings. The number of hydrogen-bond donors (Lipinski definition) is 2. The van der Waals surface area contributed by atoms with Gasteiger partial charge in [-0.15, -0.1) is 0 Å². The van der Waals surface area contributed by atoms with Gasteiger partial charge in [0.25, 0.3) is 0 Å². The second-order valence-corrected chi connectivity index (χ2v) is 4.07. The zero-order valence-electron chi connectivity index (χ0n) is 12.1. The SMILES string of the molecule is COc1ccc(C(=O)O)cc1.COc1ccc(C(=O)O)cc1.[KH].[KH]. The van der Waals surface area contributed by atoms with E-state index in [4.69, 9.17) is 19.7 Å². The van der Waals surface area contributed by atoms with Crippen molar-refractivity contribution in [2.45, 2.75) is 0 Å². The molecular weight excluding hydrogens is 366 g/mol. The van der Waals surface area contributed by atoms with Crippen molar-refractivity contribution in [2.75, 3.05) is 14.2 Å². The molecule has 120 valence electrons. The minimum atomic E-state index is -0.923. The molecule has 0 aliphatic heterocycles. The Labute approximate surface area is 225 Å². The Morgan fingerprint density at radius 1 is 0.667 bits per heavy atom. The predicted octanol–water partition coefficient (Wildman–Crippen LogP) is 1.49. The first-order valence-corrected chi connectivity index (χ1v) is 6.22. The van der Waals surface area contributed by atoms with Crippen LogP contribution in [0.15, 0.2) is 48.5 Å². The molecule has 0 fully saturated rings. The molecule has 0 saturated heterocycles. The summed E-state index contributed by atoms with van der Waals surface area (Å²) in [6.45, 7) is 0. The van der Waals surface area contributed by atoms with Crippen molar-refractivity contribution in [2.24, 2.45) is 0 Å². The Kier molecular flexibility index (Phi) is 15.9. The van der Waals surface area contributed by atoms with Crippen LogP contribution < -0.4 is 9.47 Å². The number of aromatic carboxylic acids is 2. The second-order valence-electron chi connectivity index (χ2n) is 4.07. The molecule has 2 aromatic carbocycles. The normalized spacial score (nSPS) is 8.42. The fraction of sp³-hybridized carbons (Fsp3) is 0.125. The molecule has 2 aromatic rings. The van der Waals surface area contributed by atoms with E-state index in [9.17, 15) is 9.59 Å². The van der Waals surface area contributed by atoms with Gasteiger partial charge in [-0.05, 0) is 48.5 Å². The van der Waals surface area contributed by atoms with E-state index in [1.165, 1.54) is 38.5 Å². The fourth-order valence-corrected chi connectivity index (χ4v) is 1.47. The Morgan fingerprint density at radius 2 is 0.917 bits per heavy atom. The third-order valence-corrected chi connectivity index (χ3v) is 2.67. The van der Waals surface area contributed by atoms with Crippen LogP contribution in [0.5, 0.6) is 11.5 Å². The van der Waals surface area contributed by atoms with Crippen molar-refractivity contribution >= 4 is 115 Å². The molecular formula is C16H18K2O6. The Morgan fingerprint density at radius 3 is 1.08 bits per heavy atom. The van der Waals surface area contributed by atoms with E-state index in [1.807, 2.05) is 0 Å². The summed E-state index contributed by atoms with van der Waals surface area (Å²) in [4.78, 5) is 20.7. The Hall–Kier alpha value is 0.253. The molecule has 0 spiro atoms. The van der Waals surface area contributed by atoms with Crippen molar-refractivity contribution in [3.63, 3.8) is 0 Å². The van der Waals surface area contributed by atoms with Crippen LogP contribution in [0.2, 0.25) is 0 Å². The predicted molar refractivity (Wildman–Crippen MR) is 94.2 cm³/mol. The fourth-order valence-electron chi connectivity index (χ4n) is 1.47. The van der Waals surface area contributed by atoms with Gasteiger partial charge in [0.2, 0.25) is 0 Å². The first-order chi connectivity index (χ1) is 10.5. The van der Waals surface area contributed by atoms with Crippen LogP contribution in [0.3, 0.4) is 0 Å². The summed E-state index contributed by atoms with van der Waals surface area (Å²) in [5.74, 6) is -0.523. The molecule has 0 aromatic heterocycles. The number of benzene rings is 2. The monoisotopic (exact) mass is 384 g/mol. The minimum absolute atomic E-state index is 0. The molecule has 8 heteroatoms. The number of hydrogen-bond acceptors (Lipinski definition) is 4. The number of carbonyl (C=O) groups is 2. The third-order valence-electron chi connectivity index (χ3n) is 2.67. The van der Waals surface area contributed by atoms with Crippen LogP contribution in [0, 0.1) is 0 Å². The zero-order chi connectivity index (χ0) is 16.5. The molecule has 2 N–H and O–H groups in total. The van der Waals surface area contributed by atoms with E-state index >= 15 is 0 Å².